The Morgan fingerprint density at radius 3 is 1.96 bits per heavy atom. The molecule has 0 saturated carbocycles. The lowest BCUT2D eigenvalue weighted by Crippen LogP contribution is -2.67. The van der Waals surface area contributed by atoms with Gasteiger partial charge in [-0.1, -0.05) is 56.3 Å². The summed E-state index contributed by atoms with van der Waals surface area (Å²) < 4.78 is 0. The van der Waals surface area contributed by atoms with E-state index in [2.05, 4.69) is 16.0 Å². The summed E-state index contributed by atoms with van der Waals surface area (Å²) in [5.41, 5.74) is 4.45. The lowest BCUT2D eigenvalue weighted by atomic mass is 9.83. The van der Waals surface area contributed by atoms with Crippen LogP contribution in [0.5, 0.6) is 0 Å². The van der Waals surface area contributed by atoms with Crippen LogP contribution in [-0.4, -0.2) is 86.2 Å². The fourth-order valence-corrected chi connectivity index (χ4v) is 5.22. The molecule has 48 heavy (non-hydrogen) atoms. The zero-order valence-corrected chi connectivity index (χ0v) is 27.0. The van der Waals surface area contributed by atoms with Crippen LogP contribution in [0.15, 0.2) is 42.5 Å². The third-order valence-electron chi connectivity index (χ3n) is 7.72. The molecule has 2 aromatic carbocycles. The Balaban J connectivity index is 2.26. The van der Waals surface area contributed by atoms with E-state index in [0.717, 1.165) is 23.3 Å². The van der Waals surface area contributed by atoms with Crippen molar-refractivity contribution in [1.82, 2.24) is 16.0 Å². The average Bonchev–Trinajstić information content (AvgIpc) is 3.00. The maximum atomic E-state index is 13.5. The number of aliphatic carboxylic acids is 3. The van der Waals surface area contributed by atoms with Crippen molar-refractivity contribution in [3.63, 3.8) is 0 Å². The molecule has 0 aliphatic heterocycles. The number of aryl methyl sites for hydroxylation is 1. The van der Waals surface area contributed by atoms with Gasteiger partial charge in [-0.25, -0.2) is 0 Å². The predicted molar refractivity (Wildman–Crippen MR) is 171 cm³/mol. The van der Waals surface area contributed by atoms with E-state index in [0.29, 0.717) is 12.8 Å². The van der Waals surface area contributed by atoms with Gasteiger partial charge in [-0.3, -0.25) is 38.4 Å². The van der Waals surface area contributed by atoms with Gasteiger partial charge in [0.15, 0.2) is 17.1 Å². The van der Waals surface area contributed by atoms with E-state index < -0.39 is 102 Å². The molecule has 2 rings (SSSR count). The molecule has 0 heterocycles. The highest BCUT2D eigenvalue weighted by atomic mass is 16.4. The molecule has 15 heteroatoms. The van der Waals surface area contributed by atoms with Crippen LogP contribution >= 0.6 is 0 Å². The van der Waals surface area contributed by atoms with E-state index in [4.69, 9.17) is 5.73 Å². The number of nitrogens with one attached hydrogen (secondary N) is 3. The van der Waals surface area contributed by atoms with Gasteiger partial charge in [0.05, 0.1) is 18.9 Å². The first-order valence-electron chi connectivity index (χ1n) is 15.3. The number of rotatable bonds is 20. The Morgan fingerprint density at radius 1 is 0.771 bits per heavy atom. The number of carbonyl (C=O) groups excluding carboxylic acids is 5. The quantitative estimate of drug-likeness (QED) is 0.0971. The maximum absolute atomic E-state index is 13.5. The second-order valence-electron chi connectivity index (χ2n) is 11.9. The summed E-state index contributed by atoms with van der Waals surface area (Å²) in [5, 5.41) is 36.7. The number of carboxylic acid groups (broad SMARTS) is 3. The van der Waals surface area contributed by atoms with Crippen molar-refractivity contribution in [2.45, 2.75) is 89.4 Å². The zero-order chi connectivity index (χ0) is 36.2. The fourth-order valence-electron chi connectivity index (χ4n) is 5.22. The number of hydrogen-bond acceptors (Lipinski definition) is 9. The summed E-state index contributed by atoms with van der Waals surface area (Å²) in [6, 6.07) is 8.75. The second-order valence-corrected chi connectivity index (χ2v) is 11.9. The average molecular weight is 671 g/mol. The highest BCUT2D eigenvalue weighted by Crippen LogP contribution is 2.21. The molecule has 4 atom stereocenters. The highest BCUT2D eigenvalue weighted by molar-refractivity contribution is 6.14. The Labute approximate surface area is 276 Å². The molecule has 0 aromatic heterocycles. The first-order valence-corrected chi connectivity index (χ1v) is 15.3. The normalized spacial score (nSPS) is 14.2. The Hall–Kier alpha value is -5.18. The van der Waals surface area contributed by atoms with Crippen LogP contribution in [0.3, 0.4) is 0 Å². The van der Waals surface area contributed by atoms with E-state index in [9.17, 15) is 53.7 Å². The fraction of sp³-hybridized carbons (Fsp3) is 0.455. The van der Waals surface area contributed by atoms with Gasteiger partial charge in [0.2, 0.25) is 17.7 Å². The van der Waals surface area contributed by atoms with Gasteiger partial charge in [0, 0.05) is 19.8 Å². The first-order chi connectivity index (χ1) is 22.5. The molecule has 3 amide bonds. The molecule has 0 aliphatic carbocycles. The number of carboxylic acids is 3. The molecule has 0 fully saturated rings. The smallest absolute Gasteiger partial charge is 0.305 e. The standard InChI is InChI=1S/C33H42N4O11/c1-18(2)29(37-32(48)33(34,15-14-26(40)41)30(46)24(17-28(44)45)35-19(3)38)31(47)36-23(16-27(42)43)25(39)13-7-11-21-10-6-9-20-8-4-5-12-22(20)21/h4-6,8-10,12,18,23-24,29H,7,11,13-17,34H2,1-3H3,(H,35,38)(H,36,47)(H,37,48)(H,40,41)(H,42,43)(H,44,45)/t23-,24-,29-,33?/m0/s1. The molecule has 15 nitrogen and oxygen atoms in total. The number of hydrogen-bond donors (Lipinski definition) is 7. The minimum Gasteiger partial charge on any atom is -0.481 e. The van der Waals surface area contributed by atoms with Crippen LogP contribution in [0.4, 0.5) is 0 Å². The van der Waals surface area contributed by atoms with Gasteiger partial charge in [-0.05, 0) is 41.5 Å². The van der Waals surface area contributed by atoms with Gasteiger partial charge < -0.3 is 37.0 Å². The second kappa shape index (κ2) is 17.7. The van der Waals surface area contributed by atoms with Crippen molar-refractivity contribution in [2.24, 2.45) is 11.7 Å². The van der Waals surface area contributed by atoms with Crippen molar-refractivity contribution in [1.29, 1.82) is 0 Å². The molecule has 0 spiro atoms. The third-order valence-corrected chi connectivity index (χ3v) is 7.72. The SMILES string of the molecule is CC(=O)N[C@@H](CC(=O)O)C(=O)C(N)(CCC(=O)O)C(=O)N[C@H](C(=O)N[C@@H](CC(=O)O)C(=O)CCCc1cccc2ccccc12)C(C)C. The number of Topliss-reactive ketones (excluding diaryl/α,β-unsaturated/α-hetero) is 2. The molecular formula is C33H42N4O11. The molecule has 8 N–H and O–H groups in total. The highest BCUT2D eigenvalue weighted by Gasteiger charge is 2.47. The topological polar surface area (TPSA) is 259 Å². The summed E-state index contributed by atoms with van der Waals surface area (Å²) in [5.74, 6) is -10.0. The Kier molecular flexibility index (Phi) is 14.3. The number of fused-ring (bicyclic) bond motifs is 1. The van der Waals surface area contributed by atoms with Crippen LogP contribution < -0.4 is 21.7 Å². The van der Waals surface area contributed by atoms with Gasteiger partial charge >= 0.3 is 17.9 Å². The minimum absolute atomic E-state index is 0.0656. The van der Waals surface area contributed by atoms with Crippen molar-refractivity contribution in [3.8, 4) is 0 Å². The summed E-state index contributed by atoms with van der Waals surface area (Å²) in [7, 11) is 0. The van der Waals surface area contributed by atoms with E-state index in [1.165, 1.54) is 13.8 Å². The van der Waals surface area contributed by atoms with E-state index in [-0.39, 0.29) is 6.42 Å². The molecule has 0 saturated heterocycles. The molecule has 260 valence electrons. The van der Waals surface area contributed by atoms with Crippen LogP contribution in [0.1, 0.15) is 64.9 Å². The van der Waals surface area contributed by atoms with Gasteiger partial charge in [-0.2, -0.15) is 0 Å². The lowest BCUT2D eigenvalue weighted by molar-refractivity contribution is -0.146. The summed E-state index contributed by atoms with van der Waals surface area (Å²) in [4.78, 5) is 99.5. The van der Waals surface area contributed by atoms with E-state index >= 15 is 0 Å². The third kappa shape index (κ3) is 11.3. The maximum Gasteiger partial charge on any atom is 0.305 e. The van der Waals surface area contributed by atoms with Crippen LogP contribution in [0.25, 0.3) is 10.8 Å². The number of amides is 3. The Bertz CT molecular complexity index is 1540. The van der Waals surface area contributed by atoms with Crippen LogP contribution in [0.2, 0.25) is 0 Å². The molecule has 1 unspecified atom stereocenters. The van der Waals surface area contributed by atoms with E-state index in [1.807, 2.05) is 42.5 Å². The molecule has 2 aromatic rings. The number of nitrogens with two attached hydrogens (primary N) is 1. The van der Waals surface area contributed by atoms with Crippen molar-refractivity contribution >= 4 is 58.0 Å². The zero-order valence-electron chi connectivity index (χ0n) is 27.0. The lowest BCUT2D eigenvalue weighted by Gasteiger charge is -2.33. The number of carbonyl (C=O) groups is 8. The van der Waals surface area contributed by atoms with Crippen molar-refractivity contribution in [3.05, 3.63) is 48.0 Å². The molecule has 0 bridgehead atoms. The van der Waals surface area contributed by atoms with Crippen molar-refractivity contribution < 1.29 is 53.7 Å². The molecular weight excluding hydrogens is 628 g/mol. The van der Waals surface area contributed by atoms with Crippen LogP contribution in [0, 0.1) is 5.92 Å². The van der Waals surface area contributed by atoms with Gasteiger partial charge in [0.25, 0.3) is 0 Å². The van der Waals surface area contributed by atoms with E-state index in [1.54, 1.807) is 0 Å². The largest absolute Gasteiger partial charge is 0.481 e. The Morgan fingerprint density at radius 2 is 1.38 bits per heavy atom. The monoisotopic (exact) mass is 670 g/mol. The van der Waals surface area contributed by atoms with Gasteiger partial charge in [0.1, 0.15) is 12.1 Å². The summed E-state index contributed by atoms with van der Waals surface area (Å²) in [6.45, 7) is 4.00. The summed E-state index contributed by atoms with van der Waals surface area (Å²) in [6.07, 6.45) is -2.53. The summed E-state index contributed by atoms with van der Waals surface area (Å²) >= 11 is 0. The molecule has 0 aliphatic rings. The first kappa shape index (κ1) is 39.0. The number of ketones is 2. The van der Waals surface area contributed by atoms with Gasteiger partial charge in [-0.15, -0.1) is 0 Å². The predicted octanol–water partition coefficient (Wildman–Crippen LogP) is 0.943. The number of benzene rings is 2. The minimum atomic E-state index is -2.70. The van der Waals surface area contributed by atoms with Crippen molar-refractivity contribution in [2.75, 3.05) is 0 Å². The van der Waals surface area contributed by atoms with Crippen LogP contribution in [-0.2, 0) is 44.8 Å². The molecule has 0 radical (unpaired) electrons.